The van der Waals surface area contributed by atoms with Gasteiger partial charge in [0.2, 0.25) is 0 Å². The minimum absolute atomic E-state index is 0.0180. The van der Waals surface area contributed by atoms with E-state index in [0.717, 1.165) is 31.2 Å². The summed E-state index contributed by atoms with van der Waals surface area (Å²) in [4.78, 5) is 11.1. The molecule has 1 saturated carbocycles. The van der Waals surface area contributed by atoms with E-state index in [0.29, 0.717) is 0 Å². The van der Waals surface area contributed by atoms with E-state index in [1.807, 2.05) is 0 Å². The second kappa shape index (κ2) is 2.89. The van der Waals surface area contributed by atoms with Crippen molar-refractivity contribution in [2.24, 2.45) is 11.8 Å². The van der Waals surface area contributed by atoms with Gasteiger partial charge >= 0.3 is 6.03 Å². The molecule has 1 heterocycles. The number of rotatable bonds is 1. The molecule has 13 heavy (non-hydrogen) atoms. The largest absolute Gasteiger partial charge is 0.336 e. The van der Waals surface area contributed by atoms with Crippen molar-refractivity contribution >= 4 is 6.03 Å². The van der Waals surface area contributed by atoms with Crippen molar-refractivity contribution in [3.63, 3.8) is 0 Å². The van der Waals surface area contributed by atoms with Crippen molar-refractivity contribution in [1.82, 2.24) is 10.6 Å². The van der Waals surface area contributed by atoms with Gasteiger partial charge in [0.05, 0.1) is 5.54 Å². The molecule has 0 aromatic rings. The van der Waals surface area contributed by atoms with Gasteiger partial charge in [-0.1, -0.05) is 13.8 Å². The molecule has 2 rings (SSSR count). The van der Waals surface area contributed by atoms with Crippen molar-refractivity contribution in [2.75, 3.05) is 6.54 Å². The Bertz CT molecular complexity index is 227. The summed E-state index contributed by atoms with van der Waals surface area (Å²) in [6, 6.07) is 0.0180. The Labute approximate surface area is 79.3 Å². The third-order valence-corrected chi connectivity index (χ3v) is 3.56. The van der Waals surface area contributed by atoms with Gasteiger partial charge in [0, 0.05) is 6.54 Å². The summed E-state index contributed by atoms with van der Waals surface area (Å²) < 4.78 is 0. The van der Waals surface area contributed by atoms with E-state index >= 15 is 0 Å². The van der Waals surface area contributed by atoms with Gasteiger partial charge in [0.1, 0.15) is 0 Å². The van der Waals surface area contributed by atoms with Gasteiger partial charge < -0.3 is 10.6 Å². The van der Waals surface area contributed by atoms with Crippen LogP contribution in [0.15, 0.2) is 0 Å². The number of carbonyl (C=O) groups is 1. The van der Waals surface area contributed by atoms with Gasteiger partial charge in [-0.05, 0) is 31.1 Å². The van der Waals surface area contributed by atoms with E-state index in [4.69, 9.17) is 0 Å². The first kappa shape index (κ1) is 8.85. The number of hydrogen-bond donors (Lipinski definition) is 2. The topological polar surface area (TPSA) is 41.1 Å². The second-order valence-corrected chi connectivity index (χ2v) is 4.83. The van der Waals surface area contributed by atoms with Crippen LogP contribution in [0.2, 0.25) is 0 Å². The van der Waals surface area contributed by atoms with Gasteiger partial charge in [-0.3, -0.25) is 0 Å². The van der Waals surface area contributed by atoms with Crippen LogP contribution in [0.5, 0.6) is 0 Å². The zero-order chi connectivity index (χ0) is 9.47. The molecule has 3 heteroatoms. The monoisotopic (exact) mass is 182 g/mol. The summed E-state index contributed by atoms with van der Waals surface area (Å²) >= 11 is 0. The lowest BCUT2D eigenvalue weighted by Gasteiger charge is -2.22. The SMILES string of the molecule is CC(C)[C@@H]1CC[C@]2(CNC(=O)N2)C1. The molecule has 74 valence electrons. The van der Waals surface area contributed by atoms with Gasteiger partial charge in [-0.2, -0.15) is 0 Å². The molecule has 1 aliphatic heterocycles. The second-order valence-electron chi connectivity index (χ2n) is 4.83. The maximum atomic E-state index is 11.1. The van der Waals surface area contributed by atoms with Gasteiger partial charge in [-0.25, -0.2) is 4.79 Å². The van der Waals surface area contributed by atoms with E-state index in [9.17, 15) is 4.79 Å². The maximum absolute atomic E-state index is 11.1. The number of amides is 2. The quantitative estimate of drug-likeness (QED) is 0.634. The zero-order valence-electron chi connectivity index (χ0n) is 8.39. The first-order valence-corrected chi connectivity index (χ1v) is 5.17. The lowest BCUT2D eigenvalue weighted by molar-refractivity contribution is 0.243. The van der Waals surface area contributed by atoms with Crippen molar-refractivity contribution in [1.29, 1.82) is 0 Å². The molecule has 2 aliphatic rings. The molecule has 1 saturated heterocycles. The lowest BCUT2D eigenvalue weighted by Crippen LogP contribution is -2.41. The van der Waals surface area contributed by atoms with Crippen LogP contribution in [-0.4, -0.2) is 18.1 Å². The fourth-order valence-corrected chi connectivity index (χ4v) is 2.59. The summed E-state index contributed by atoms with van der Waals surface area (Å²) in [6.45, 7) is 5.37. The summed E-state index contributed by atoms with van der Waals surface area (Å²) in [6.07, 6.45) is 3.57. The molecular weight excluding hydrogens is 164 g/mol. The van der Waals surface area contributed by atoms with Crippen LogP contribution >= 0.6 is 0 Å². The Balaban J connectivity index is 2.01. The highest BCUT2D eigenvalue weighted by Gasteiger charge is 2.44. The summed E-state index contributed by atoms with van der Waals surface area (Å²) in [5.41, 5.74) is 0.103. The molecule has 0 radical (unpaired) electrons. The van der Waals surface area contributed by atoms with E-state index in [1.54, 1.807) is 0 Å². The van der Waals surface area contributed by atoms with Crippen molar-refractivity contribution in [3.05, 3.63) is 0 Å². The van der Waals surface area contributed by atoms with E-state index in [1.165, 1.54) is 6.42 Å². The Hall–Kier alpha value is -0.730. The molecule has 2 atom stereocenters. The highest BCUT2D eigenvalue weighted by molar-refractivity contribution is 5.77. The van der Waals surface area contributed by atoms with Crippen LogP contribution in [0.25, 0.3) is 0 Å². The van der Waals surface area contributed by atoms with Gasteiger partial charge in [0.25, 0.3) is 0 Å². The van der Waals surface area contributed by atoms with E-state index in [-0.39, 0.29) is 11.6 Å². The molecule has 0 bridgehead atoms. The van der Waals surface area contributed by atoms with Gasteiger partial charge in [0.15, 0.2) is 0 Å². The third-order valence-electron chi connectivity index (χ3n) is 3.56. The molecule has 2 fully saturated rings. The molecule has 2 N–H and O–H groups in total. The molecule has 1 aliphatic carbocycles. The lowest BCUT2D eigenvalue weighted by atomic mass is 9.91. The van der Waals surface area contributed by atoms with Crippen molar-refractivity contribution < 1.29 is 4.79 Å². The summed E-state index contributed by atoms with van der Waals surface area (Å²) in [5.74, 6) is 1.54. The minimum atomic E-state index is 0.0180. The Kier molecular flexibility index (Phi) is 1.97. The van der Waals surface area contributed by atoms with Crippen LogP contribution in [0, 0.1) is 11.8 Å². The number of nitrogens with one attached hydrogen (secondary N) is 2. The van der Waals surface area contributed by atoms with Crippen LogP contribution in [0.4, 0.5) is 4.79 Å². The number of hydrogen-bond acceptors (Lipinski definition) is 1. The fourth-order valence-electron chi connectivity index (χ4n) is 2.59. The molecule has 1 spiro atoms. The van der Waals surface area contributed by atoms with Crippen molar-refractivity contribution in [3.8, 4) is 0 Å². The fraction of sp³-hybridized carbons (Fsp3) is 0.900. The highest BCUT2D eigenvalue weighted by Crippen LogP contribution is 2.39. The predicted molar refractivity (Wildman–Crippen MR) is 51.4 cm³/mol. The highest BCUT2D eigenvalue weighted by atomic mass is 16.2. The average molecular weight is 182 g/mol. The van der Waals surface area contributed by atoms with Gasteiger partial charge in [-0.15, -0.1) is 0 Å². The Morgan fingerprint density at radius 2 is 2.31 bits per heavy atom. The average Bonchev–Trinajstić information content (AvgIpc) is 2.61. The van der Waals surface area contributed by atoms with E-state index < -0.39 is 0 Å². The first-order valence-electron chi connectivity index (χ1n) is 5.17. The van der Waals surface area contributed by atoms with Crippen LogP contribution in [-0.2, 0) is 0 Å². The summed E-state index contributed by atoms with van der Waals surface area (Å²) in [5, 5.41) is 5.93. The molecule has 0 aromatic carbocycles. The molecular formula is C10H18N2O. The normalized spacial score (nSPS) is 38.4. The third kappa shape index (κ3) is 1.52. The standard InChI is InChI=1S/C10H18N2O/c1-7(2)8-3-4-10(5-8)6-11-9(13)12-10/h7-8H,3-6H2,1-2H3,(H2,11,12,13)/t8-,10-/m1/s1. The van der Waals surface area contributed by atoms with Crippen LogP contribution in [0.3, 0.4) is 0 Å². The number of carbonyl (C=O) groups excluding carboxylic acids is 1. The van der Waals surface area contributed by atoms with Crippen molar-refractivity contribution in [2.45, 2.75) is 38.6 Å². The minimum Gasteiger partial charge on any atom is -0.336 e. The predicted octanol–water partition coefficient (Wildman–Crippen LogP) is 1.49. The molecule has 2 amide bonds. The number of urea groups is 1. The summed E-state index contributed by atoms with van der Waals surface area (Å²) in [7, 11) is 0. The van der Waals surface area contributed by atoms with Crippen LogP contribution < -0.4 is 10.6 Å². The Morgan fingerprint density at radius 3 is 2.77 bits per heavy atom. The molecule has 3 nitrogen and oxygen atoms in total. The zero-order valence-corrected chi connectivity index (χ0v) is 8.39. The molecule has 0 unspecified atom stereocenters. The Morgan fingerprint density at radius 1 is 1.54 bits per heavy atom. The van der Waals surface area contributed by atoms with Crippen LogP contribution in [0.1, 0.15) is 33.1 Å². The van der Waals surface area contributed by atoms with E-state index in [2.05, 4.69) is 24.5 Å². The first-order chi connectivity index (χ1) is 6.11. The smallest absolute Gasteiger partial charge is 0.315 e. The maximum Gasteiger partial charge on any atom is 0.315 e. The molecule has 0 aromatic heterocycles.